The van der Waals surface area contributed by atoms with Gasteiger partial charge in [-0.2, -0.15) is 13.2 Å². The average molecular weight is 275 g/mol. The smallest absolute Gasteiger partial charge is 0.419 e. The minimum atomic E-state index is -4.53. The van der Waals surface area contributed by atoms with E-state index in [9.17, 15) is 18.3 Å². The van der Waals surface area contributed by atoms with Crippen molar-refractivity contribution in [2.45, 2.75) is 45.5 Å². The second kappa shape index (κ2) is 5.41. The van der Waals surface area contributed by atoms with Crippen molar-refractivity contribution in [3.05, 3.63) is 29.3 Å². The fourth-order valence-corrected chi connectivity index (χ4v) is 1.67. The summed E-state index contributed by atoms with van der Waals surface area (Å²) >= 11 is 0. The quantitative estimate of drug-likeness (QED) is 0.896. The van der Waals surface area contributed by atoms with Crippen molar-refractivity contribution in [3.8, 4) is 5.75 Å². The molecular weight excluding hydrogens is 255 g/mol. The van der Waals surface area contributed by atoms with Gasteiger partial charge in [0.25, 0.3) is 0 Å². The van der Waals surface area contributed by atoms with Crippen LogP contribution in [0.4, 0.5) is 13.2 Å². The molecule has 0 radical (unpaired) electrons. The monoisotopic (exact) mass is 275 g/mol. The van der Waals surface area contributed by atoms with Gasteiger partial charge >= 0.3 is 6.18 Å². The Bertz CT molecular complexity index is 441. The summed E-state index contributed by atoms with van der Waals surface area (Å²) in [5, 5.41) is 9.28. The van der Waals surface area contributed by atoms with Gasteiger partial charge in [-0.1, -0.05) is 13.0 Å². The molecule has 0 aromatic heterocycles. The van der Waals surface area contributed by atoms with E-state index in [0.29, 0.717) is 12.1 Å². The molecule has 0 aliphatic rings. The summed E-state index contributed by atoms with van der Waals surface area (Å²) < 4.78 is 38.1. The zero-order valence-electron chi connectivity index (χ0n) is 11.7. The van der Waals surface area contributed by atoms with E-state index in [1.165, 1.54) is 6.07 Å². The van der Waals surface area contributed by atoms with Crippen LogP contribution < -0.4 is 0 Å². The van der Waals surface area contributed by atoms with Gasteiger partial charge in [-0.05, 0) is 45.0 Å². The number of halogens is 3. The summed E-state index contributed by atoms with van der Waals surface area (Å²) in [6, 6.07) is 3.63. The van der Waals surface area contributed by atoms with E-state index in [1.54, 1.807) is 0 Å². The molecule has 0 aliphatic carbocycles. The number of hydrogen-bond acceptors (Lipinski definition) is 2. The van der Waals surface area contributed by atoms with Crippen molar-refractivity contribution < 1.29 is 18.3 Å². The van der Waals surface area contributed by atoms with Gasteiger partial charge in [-0.15, -0.1) is 0 Å². The lowest BCUT2D eigenvalue weighted by molar-refractivity contribution is -0.138. The number of nitrogens with zero attached hydrogens (tertiary/aromatic N) is 1. The molecule has 0 amide bonds. The van der Waals surface area contributed by atoms with E-state index < -0.39 is 17.5 Å². The van der Waals surface area contributed by atoms with Crippen molar-refractivity contribution in [2.75, 3.05) is 7.05 Å². The molecule has 0 bridgehead atoms. The van der Waals surface area contributed by atoms with Crippen molar-refractivity contribution in [2.24, 2.45) is 0 Å². The van der Waals surface area contributed by atoms with Crippen LogP contribution >= 0.6 is 0 Å². The molecular formula is C14H20F3NO. The second-order valence-corrected chi connectivity index (χ2v) is 5.37. The van der Waals surface area contributed by atoms with E-state index in [4.69, 9.17) is 0 Å². The first-order valence-corrected chi connectivity index (χ1v) is 6.18. The summed E-state index contributed by atoms with van der Waals surface area (Å²) in [6.07, 6.45) is -3.63. The van der Waals surface area contributed by atoms with Gasteiger partial charge in [0.15, 0.2) is 0 Å². The summed E-state index contributed by atoms with van der Waals surface area (Å²) in [5.41, 5.74) is -0.530. The molecule has 2 nitrogen and oxygen atoms in total. The number of aromatic hydroxyl groups is 1. The zero-order valence-corrected chi connectivity index (χ0v) is 11.7. The maximum atomic E-state index is 12.7. The van der Waals surface area contributed by atoms with E-state index in [2.05, 4.69) is 0 Å². The lowest BCUT2D eigenvalue weighted by Crippen LogP contribution is -2.39. The third-order valence-electron chi connectivity index (χ3n) is 3.68. The molecule has 0 heterocycles. The Morgan fingerprint density at radius 3 is 2.26 bits per heavy atom. The third kappa shape index (κ3) is 3.86. The molecule has 1 rings (SSSR count). The molecule has 0 spiro atoms. The molecule has 19 heavy (non-hydrogen) atoms. The van der Waals surface area contributed by atoms with Crippen LogP contribution in [0.1, 0.15) is 38.3 Å². The van der Waals surface area contributed by atoms with E-state index in [0.717, 1.165) is 18.6 Å². The summed E-state index contributed by atoms with van der Waals surface area (Å²) in [6.45, 7) is 6.52. The van der Waals surface area contributed by atoms with Crippen LogP contribution in [0.25, 0.3) is 0 Å². The lowest BCUT2D eigenvalue weighted by atomic mass is 9.99. The Hall–Kier alpha value is -1.23. The van der Waals surface area contributed by atoms with Crippen LogP contribution in [-0.4, -0.2) is 22.6 Å². The first-order chi connectivity index (χ1) is 8.58. The predicted octanol–water partition coefficient (Wildman–Crippen LogP) is 4.03. The molecule has 1 N–H and O–H groups in total. The molecule has 1 aromatic rings. The maximum Gasteiger partial charge on any atom is 0.419 e. The molecule has 0 saturated heterocycles. The molecule has 0 fully saturated rings. The van der Waals surface area contributed by atoms with Crippen molar-refractivity contribution in [1.29, 1.82) is 0 Å². The molecule has 1 aromatic carbocycles. The molecule has 0 saturated carbocycles. The molecule has 5 heteroatoms. The van der Waals surface area contributed by atoms with Gasteiger partial charge in [-0.3, -0.25) is 4.90 Å². The van der Waals surface area contributed by atoms with Crippen molar-refractivity contribution in [1.82, 2.24) is 4.90 Å². The maximum absolute atomic E-state index is 12.7. The molecule has 0 aliphatic heterocycles. The number of rotatable bonds is 4. The first kappa shape index (κ1) is 15.8. The highest BCUT2D eigenvalue weighted by Gasteiger charge is 2.34. The van der Waals surface area contributed by atoms with E-state index >= 15 is 0 Å². The minimum absolute atomic E-state index is 0.0870. The van der Waals surface area contributed by atoms with Crippen LogP contribution in [-0.2, 0) is 12.7 Å². The number of phenols is 1. The fraction of sp³-hybridized carbons (Fsp3) is 0.571. The first-order valence-electron chi connectivity index (χ1n) is 6.18. The number of alkyl halides is 3. The van der Waals surface area contributed by atoms with Crippen LogP contribution in [0, 0.1) is 0 Å². The number of benzene rings is 1. The fourth-order valence-electron chi connectivity index (χ4n) is 1.67. The zero-order chi connectivity index (χ0) is 14.8. The Labute approximate surface area is 111 Å². The Kier molecular flexibility index (Phi) is 4.50. The van der Waals surface area contributed by atoms with Crippen molar-refractivity contribution in [3.63, 3.8) is 0 Å². The number of phenolic OH excluding ortho intramolecular Hbond substituents is 1. The van der Waals surface area contributed by atoms with Crippen molar-refractivity contribution >= 4 is 0 Å². The summed E-state index contributed by atoms with van der Waals surface area (Å²) in [5.74, 6) is -0.728. The molecule has 0 atom stereocenters. The second-order valence-electron chi connectivity index (χ2n) is 5.37. The summed E-state index contributed by atoms with van der Waals surface area (Å²) in [7, 11) is 1.88. The van der Waals surface area contributed by atoms with Crippen LogP contribution in [0.15, 0.2) is 18.2 Å². The van der Waals surface area contributed by atoms with E-state index in [-0.39, 0.29) is 5.54 Å². The normalized spacial score (nSPS) is 13.1. The largest absolute Gasteiger partial charge is 0.507 e. The third-order valence-corrected chi connectivity index (χ3v) is 3.68. The van der Waals surface area contributed by atoms with Gasteiger partial charge in [0.1, 0.15) is 5.75 Å². The topological polar surface area (TPSA) is 23.5 Å². The highest BCUT2D eigenvalue weighted by atomic mass is 19.4. The van der Waals surface area contributed by atoms with Gasteiger partial charge in [0, 0.05) is 12.1 Å². The standard InChI is InChI=1S/C14H20F3NO/c1-5-13(2,3)18(4)9-10-6-7-12(19)11(8-10)14(15,16)17/h6-8,19H,5,9H2,1-4H3. The Morgan fingerprint density at radius 1 is 1.21 bits per heavy atom. The Balaban J connectivity index is 2.98. The van der Waals surface area contributed by atoms with Crippen LogP contribution in [0.3, 0.4) is 0 Å². The SMILES string of the molecule is CCC(C)(C)N(C)Cc1ccc(O)c(C(F)(F)F)c1. The highest BCUT2D eigenvalue weighted by Crippen LogP contribution is 2.36. The molecule has 0 unspecified atom stereocenters. The van der Waals surface area contributed by atoms with Gasteiger partial charge in [-0.25, -0.2) is 0 Å². The summed E-state index contributed by atoms with van der Waals surface area (Å²) in [4.78, 5) is 2.00. The highest BCUT2D eigenvalue weighted by molar-refractivity contribution is 5.38. The van der Waals surface area contributed by atoms with E-state index in [1.807, 2.05) is 32.7 Å². The number of hydrogen-bond donors (Lipinski definition) is 1. The molecule has 108 valence electrons. The van der Waals surface area contributed by atoms with Crippen LogP contribution in [0.2, 0.25) is 0 Å². The van der Waals surface area contributed by atoms with Gasteiger partial charge in [0.2, 0.25) is 0 Å². The predicted molar refractivity (Wildman–Crippen MR) is 68.9 cm³/mol. The minimum Gasteiger partial charge on any atom is -0.507 e. The Morgan fingerprint density at radius 2 is 1.79 bits per heavy atom. The lowest BCUT2D eigenvalue weighted by Gasteiger charge is -2.35. The van der Waals surface area contributed by atoms with Gasteiger partial charge in [0.05, 0.1) is 5.56 Å². The van der Waals surface area contributed by atoms with Gasteiger partial charge < -0.3 is 5.11 Å². The van der Waals surface area contributed by atoms with Crippen LogP contribution in [0.5, 0.6) is 5.75 Å². The average Bonchev–Trinajstić information content (AvgIpc) is 2.30.